The van der Waals surface area contributed by atoms with Crippen molar-refractivity contribution in [1.82, 2.24) is 0 Å². The van der Waals surface area contributed by atoms with E-state index in [1.54, 1.807) is 0 Å². The molecule has 0 aliphatic heterocycles. The highest BCUT2D eigenvalue weighted by molar-refractivity contribution is 6.36. The van der Waals surface area contributed by atoms with Crippen LogP contribution >= 0.6 is 34.8 Å². The third-order valence-electron chi connectivity index (χ3n) is 2.00. The molecular formula is C10H6Cl3FO3. The fourth-order valence-corrected chi connectivity index (χ4v) is 1.83. The molecule has 1 aromatic carbocycles. The van der Waals surface area contributed by atoms with Gasteiger partial charge in [-0.05, 0) is 12.1 Å². The summed E-state index contributed by atoms with van der Waals surface area (Å²) in [6.45, 7) is 0. The van der Waals surface area contributed by atoms with E-state index in [9.17, 15) is 14.0 Å². The van der Waals surface area contributed by atoms with Gasteiger partial charge in [0.05, 0.1) is 11.4 Å². The number of ketones is 1. The minimum Gasteiger partial charge on any atom is -0.480 e. The molecule has 0 spiro atoms. The van der Waals surface area contributed by atoms with Crippen LogP contribution in [0.15, 0.2) is 12.1 Å². The summed E-state index contributed by atoms with van der Waals surface area (Å²) < 4.78 is 13.5. The van der Waals surface area contributed by atoms with E-state index in [-0.39, 0.29) is 16.1 Å². The van der Waals surface area contributed by atoms with Crippen molar-refractivity contribution in [2.24, 2.45) is 0 Å². The van der Waals surface area contributed by atoms with Crippen molar-refractivity contribution in [3.05, 3.63) is 34.1 Å². The first-order valence-electron chi connectivity index (χ1n) is 4.33. The van der Waals surface area contributed by atoms with E-state index in [1.807, 2.05) is 0 Å². The zero-order chi connectivity index (χ0) is 13.2. The van der Waals surface area contributed by atoms with E-state index in [0.717, 1.165) is 12.1 Å². The van der Waals surface area contributed by atoms with Gasteiger partial charge in [0.15, 0.2) is 11.2 Å². The van der Waals surface area contributed by atoms with Crippen LogP contribution in [0.2, 0.25) is 5.02 Å². The number of carboxylic acids is 1. The molecule has 0 saturated carbocycles. The summed E-state index contributed by atoms with van der Waals surface area (Å²) in [7, 11) is 0. The SMILES string of the molecule is O=C(CCl)c1cc(Cl)c(C(Cl)C(=O)O)cc1F. The Balaban J connectivity index is 3.27. The Morgan fingerprint density at radius 1 is 1.41 bits per heavy atom. The number of alkyl halides is 2. The lowest BCUT2D eigenvalue weighted by molar-refractivity contribution is -0.136. The predicted octanol–water partition coefficient (Wildman–Crippen LogP) is 3.27. The summed E-state index contributed by atoms with van der Waals surface area (Å²) in [5.74, 6) is -3.29. The van der Waals surface area contributed by atoms with Gasteiger partial charge in [0.25, 0.3) is 0 Å². The highest BCUT2D eigenvalue weighted by Crippen LogP contribution is 2.30. The highest BCUT2D eigenvalue weighted by Gasteiger charge is 2.23. The van der Waals surface area contributed by atoms with Crippen molar-refractivity contribution in [3.63, 3.8) is 0 Å². The summed E-state index contributed by atoms with van der Waals surface area (Å²) >= 11 is 16.5. The molecule has 0 aromatic heterocycles. The number of halogens is 4. The standard InChI is InChI=1S/C10H6Cl3FO3/c11-3-8(15)5-1-6(12)4(2-7(5)14)9(13)10(16)17/h1-2,9H,3H2,(H,16,17). The van der Waals surface area contributed by atoms with E-state index in [1.165, 1.54) is 0 Å². The number of hydrogen-bond donors (Lipinski definition) is 1. The van der Waals surface area contributed by atoms with Crippen LogP contribution in [-0.2, 0) is 4.79 Å². The second kappa shape index (κ2) is 5.67. The summed E-state index contributed by atoms with van der Waals surface area (Å²) in [6.07, 6.45) is 0. The molecule has 17 heavy (non-hydrogen) atoms. The molecular weight excluding hydrogens is 293 g/mol. The largest absolute Gasteiger partial charge is 0.480 e. The molecule has 1 aromatic rings. The molecule has 1 rings (SSSR count). The first kappa shape index (κ1) is 14.2. The number of aliphatic carboxylic acids is 1. The molecule has 0 aliphatic carbocycles. The first-order chi connectivity index (χ1) is 7.88. The molecule has 92 valence electrons. The van der Waals surface area contributed by atoms with Gasteiger partial charge >= 0.3 is 5.97 Å². The maximum atomic E-state index is 13.5. The molecule has 0 heterocycles. The molecule has 7 heteroatoms. The minimum absolute atomic E-state index is 0.0951. The lowest BCUT2D eigenvalue weighted by atomic mass is 10.1. The van der Waals surface area contributed by atoms with Crippen LogP contribution in [-0.4, -0.2) is 22.7 Å². The van der Waals surface area contributed by atoms with E-state index < -0.39 is 28.8 Å². The van der Waals surface area contributed by atoms with Crippen molar-refractivity contribution in [2.75, 3.05) is 5.88 Å². The number of carboxylic acid groups (broad SMARTS) is 1. The fraction of sp³-hybridized carbons (Fsp3) is 0.200. The van der Waals surface area contributed by atoms with Gasteiger partial charge in [-0.1, -0.05) is 11.6 Å². The zero-order valence-electron chi connectivity index (χ0n) is 8.21. The van der Waals surface area contributed by atoms with Crippen LogP contribution in [0.25, 0.3) is 0 Å². The van der Waals surface area contributed by atoms with Crippen molar-refractivity contribution in [2.45, 2.75) is 5.38 Å². The number of Topliss-reactive ketones (excluding diaryl/α,β-unsaturated/α-hetero) is 1. The van der Waals surface area contributed by atoms with Crippen LogP contribution in [0.3, 0.4) is 0 Å². The molecule has 0 bridgehead atoms. The van der Waals surface area contributed by atoms with Gasteiger partial charge in [-0.15, -0.1) is 23.2 Å². The fourth-order valence-electron chi connectivity index (χ4n) is 1.18. The lowest BCUT2D eigenvalue weighted by Crippen LogP contribution is -2.09. The smallest absolute Gasteiger partial charge is 0.326 e. The Hall–Kier alpha value is -0.840. The number of benzene rings is 1. The van der Waals surface area contributed by atoms with Gasteiger partial charge in [-0.3, -0.25) is 9.59 Å². The van der Waals surface area contributed by atoms with Gasteiger partial charge < -0.3 is 5.11 Å². The minimum atomic E-state index is -1.47. The number of carbonyl (C=O) groups excluding carboxylic acids is 1. The topological polar surface area (TPSA) is 54.4 Å². The molecule has 3 nitrogen and oxygen atoms in total. The normalized spacial score (nSPS) is 12.2. The van der Waals surface area contributed by atoms with Gasteiger partial charge in [0.2, 0.25) is 0 Å². The summed E-state index contributed by atoms with van der Waals surface area (Å²) in [5.41, 5.74) is -0.396. The molecule has 0 aliphatic rings. The molecule has 0 saturated heterocycles. The average molecular weight is 300 g/mol. The third kappa shape index (κ3) is 3.09. The van der Waals surface area contributed by atoms with Crippen LogP contribution in [0, 0.1) is 5.82 Å². The van der Waals surface area contributed by atoms with Gasteiger partial charge in [-0.25, -0.2) is 4.39 Å². The number of hydrogen-bond acceptors (Lipinski definition) is 2. The summed E-state index contributed by atoms with van der Waals surface area (Å²) in [4.78, 5) is 21.9. The molecule has 1 atom stereocenters. The van der Waals surface area contributed by atoms with E-state index >= 15 is 0 Å². The predicted molar refractivity (Wildman–Crippen MR) is 62.7 cm³/mol. The maximum Gasteiger partial charge on any atom is 0.326 e. The molecule has 0 amide bonds. The van der Waals surface area contributed by atoms with E-state index in [2.05, 4.69) is 0 Å². The maximum absolute atomic E-state index is 13.5. The molecule has 0 radical (unpaired) electrons. The molecule has 0 fully saturated rings. The summed E-state index contributed by atoms with van der Waals surface area (Å²) in [5, 5.41) is 7.10. The first-order valence-corrected chi connectivity index (χ1v) is 5.68. The number of carbonyl (C=O) groups is 2. The van der Waals surface area contributed by atoms with Gasteiger partial charge in [0, 0.05) is 10.6 Å². The highest BCUT2D eigenvalue weighted by atomic mass is 35.5. The van der Waals surface area contributed by atoms with Gasteiger partial charge in [-0.2, -0.15) is 0 Å². The zero-order valence-corrected chi connectivity index (χ0v) is 10.5. The van der Waals surface area contributed by atoms with Crippen LogP contribution in [0.4, 0.5) is 4.39 Å². The Kier molecular flexibility index (Phi) is 4.74. The van der Waals surface area contributed by atoms with E-state index in [4.69, 9.17) is 39.9 Å². The Labute approximate surface area is 111 Å². The Bertz CT molecular complexity index is 476. The Morgan fingerprint density at radius 2 is 2.00 bits per heavy atom. The molecule has 1 unspecified atom stereocenters. The van der Waals surface area contributed by atoms with Crippen molar-refractivity contribution in [1.29, 1.82) is 0 Å². The van der Waals surface area contributed by atoms with Gasteiger partial charge in [0.1, 0.15) is 5.82 Å². The van der Waals surface area contributed by atoms with Crippen LogP contribution in [0.5, 0.6) is 0 Å². The van der Waals surface area contributed by atoms with Crippen molar-refractivity contribution < 1.29 is 19.1 Å². The third-order valence-corrected chi connectivity index (χ3v) is 2.99. The number of rotatable bonds is 4. The second-order valence-corrected chi connectivity index (χ2v) is 4.22. The lowest BCUT2D eigenvalue weighted by Gasteiger charge is -2.09. The van der Waals surface area contributed by atoms with Crippen molar-refractivity contribution in [3.8, 4) is 0 Å². The van der Waals surface area contributed by atoms with Crippen molar-refractivity contribution >= 4 is 46.6 Å². The quantitative estimate of drug-likeness (QED) is 0.686. The summed E-state index contributed by atoms with van der Waals surface area (Å²) in [6, 6.07) is 1.85. The van der Waals surface area contributed by atoms with Crippen LogP contribution < -0.4 is 0 Å². The van der Waals surface area contributed by atoms with Crippen LogP contribution in [0.1, 0.15) is 21.3 Å². The average Bonchev–Trinajstić information content (AvgIpc) is 2.29. The second-order valence-electron chi connectivity index (χ2n) is 3.11. The monoisotopic (exact) mass is 298 g/mol. The van der Waals surface area contributed by atoms with E-state index in [0.29, 0.717) is 0 Å². The molecule has 1 N–H and O–H groups in total. The Morgan fingerprint density at radius 3 is 2.47 bits per heavy atom.